The lowest BCUT2D eigenvalue weighted by molar-refractivity contribution is 1.17. The van der Waals surface area contributed by atoms with Gasteiger partial charge in [-0.1, -0.05) is 12.7 Å². The van der Waals surface area contributed by atoms with Gasteiger partial charge in [-0.25, -0.2) is 4.99 Å². The van der Waals surface area contributed by atoms with Crippen LogP contribution in [-0.2, 0) is 0 Å². The van der Waals surface area contributed by atoms with Gasteiger partial charge < -0.3 is 5.32 Å². The van der Waals surface area contributed by atoms with Gasteiger partial charge in [-0.2, -0.15) is 0 Å². The number of nitrogens with one attached hydrogen (secondary N) is 1. The van der Waals surface area contributed by atoms with Crippen molar-refractivity contribution in [2.24, 2.45) is 4.99 Å². The molecule has 0 heterocycles. The number of hydrogen-bond donors (Lipinski definition) is 1. The van der Waals surface area contributed by atoms with E-state index in [2.05, 4.69) is 16.9 Å². The lowest BCUT2D eigenvalue weighted by Crippen LogP contribution is -2.13. The minimum atomic E-state index is 0.785. The maximum absolute atomic E-state index is 3.99. The van der Waals surface area contributed by atoms with Crippen molar-refractivity contribution < 1.29 is 0 Å². The Morgan fingerprint density at radius 2 is 2.33 bits per heavy atom. The third-order valence-electron chi connectivity index (χ3n) is 0.812. The van der Waals surface area contributed by atoms with Crippen LogP contribution in [0.5, 0.6) is 0 Å². The molecule has 0 aromatic heterocycles. The highest BCUT2D eigenvalue weighted by Gasteiger charge is 1.79. The van der Waals surface area contributed by atoms with E-state index in [-0.39, 0.29) is 0 Å². The van der Waals surface area contributed by atoms with Crippen LogP contribution in [0.1, 0.15) is 6.92 Å². The van der Waals surface area contributed by atoms with Crippen molar-refractivity contribution >= 4 is 5.84 Å². The molecule has 0 aliphatic rings. The third-order valence-corrected chi connectivity index (χ3v) is 0.812. The zero-order valence-corrected chi connectivity index (χ0v) is 5.89. The molecule has 0 fully saturated rings. The number of allylic oxidation sites excluding steroid dienone is 1. The van der Waals surface area contributed by atoms with Crippen LogP contribution in [0.4, 0.5) is 0 Å². The predicted molar refractivity (Wildman–Crippen MR) is 41.5 cm³/mol. The second kappa shape index (κ2) is 5.09. The van der Waals surface area contributed by atoms with Crippen molar-refractivity contribution in [2.75, 3.05) is 7.05 Å². The summed E-state index contributed by atoms with van der Waals surface area (Å²) in [6.07, 6.45) is 5.24. The summed E-state index contributed by atoms with van der Waals surface area (Å²) in [6.45, 7) is 5.47. The molecule has 1 N–H and O–H groups in total. The molecule has 0 atom stereocenters. The molecule has 0 aromatic rings. The quantitative estimate of drug-likeness (QED) is 0.436. The normalized spacial score (nSPS) is 12.0. The molecule has 0 aliphatic heterocycles. The van der Waals surface area contributed by atoms with Crippen LogP contribution in [0, 0.1) is 0 Å². The van der Waals surface area contributed by atoms with E-state index < -0.39 is 0 Å². The predicted octanol–water partition coefficient (Wildman–Crippen LogP) is 1.32. The van der Waals surface area contributed by atoms with Crippen LogP contribution in [-0.4, -0.2) is 12.9 Å². The van der Waals surface area contributed by atoms with Crippen molar-refractivity contribution in [2.45, 2.75) is 6.92 Å². The van der Waals surface area contributed by atoms with E-state index in [1.54, 1.807) is 12.3 Å². The minimum absolute atomic E-state index is 0.785. The summed E-state index contributed by atoms with van der Waals surface area (Å²) in [6, 6.07) is 0. The van der Waals surface area contributed by atoms with Gasteiger partial charge in [0.25, 0.3) is 0 Å². The SMILES string of the molecule is C=C/C(=N\C=C/C)NC. The van der Waals surface area contributed by atoms with Gasteiger partial charge in [0.2, 0.25) is 0 Å². The topological polar surface area (TPSA) is 24.4 Å². The highest BCUT2D eigenvalue weighted by Crippen LogP contribution is 1.76. The van der Waals surface area contributed by atoms with Crippen LogP contribution < -0.4 is 5.32 Å². The van der Waals surface area contributed by atoms with Crippen molar-refractivity contribution in [1.82, 2.24) is 5.32 Å². The summed E-state index contributed by atoms with van der Waals surface area (Å²) in [4.78, 5) is 3.99. The van der Waals surface area contributed by atoms with Crippen LogP contribution in [0.3, 0.4) is 0 Å². The molecule has 0 radical (unpaired) electrons. The Morgan fingerprint density at radius 3 is 2.67 bits per heavy atom. The minimum Gasteiger partial charge on any atom is -0.373 e. The first-order valence-corrected chi connectivity index (χ1v) is 2.84. The fraction of sp³-hybridized carbons (Fsp3) is 0.286. The molecule has 50 valence electrons. The van der Waals surface area contributed by atoms with E-state index in [4.69, 9.17) is 0 Å². The van der Waals surface area contributed by atoms with Gasteiger partial charge in [-0.15, -0.1) is 0 Å². The van der Waals surface area contributed by atoms with Crippen LogP contribution >= 0.6 is 0 Å². The van der Waals surface area contributed by atoms with Crippen LogP contribution in [0.2, 0.25) is 0 Å². The first-order chi connectivity index (χ1) is 4.35. The molecule has 0 rings (SSSR count). The van der Waals surface area contributed by atoms with Crippen LogP contribution in [0.15, 0.2) is 29.9 Å². The zero-order valence-electron chi connectivity index (χ0n) is 5.89. The second-order valence-electron chi connectivity index (χ2n) is 1.45. The Kier molecular flexibility index (Phi) is 4.50. The fourth-order valence-electron chi connectivity index (χ4n) is 0.374. The summed E-state index contributed by atoms with van der Waals surface area (Å²) < 4.78 is 0. The smallest absolute Gasteiger partial charge is 0.124 e. The van der Waals surface area contributed by atoms with Gasteiger partial charge in [0, 0.05) is 13.2 Å². The first-order valence-electron chi connectivity index (χ1n) is 2.84. The Bertz CT molecular complexity index is 134. The summed E-state index contributed by atoms with van der Waals surface area (Å²) in [5, 5.41) is 2.87. The Balaban J connectivity index is 3.90. The molecule has 0 unspecified atom stereocenters. The largest absolute Gasteiger partial charge is 0.373 e. The Labute approximate surface area is 56.0 Å². The number of nitrogens with zero attached hydrogens (tertiary/aromatic N) is 1. The van der Waals surface area contributed by atoms with E-state index in [0.717, 1.165) is 5.84 Å². The highest BCUT2D eigenvalue weighted by atomic mass is 14.9. The van der Waals surface area contributed by atoms with Gasteiger partial charge in [0.05, 0.1) is 0 Å². The van der Waals surface area contributed by atoms with Crippen LogP contribution in [0.25, 0.3) is 0 Å². The summed E-state index contributed by atoms with van der Waals surface area (Å²) in [5.74, 6) is 0.785. The van der Waals surface area contributed by atoms with E-state index in [9.17, 15) is 0 Å². The first kappa shape index (κ1) is 7.95. The second-order valence-corrected chi connectivity index (χ2v) is 1.45. The molecule has 0 saturated heterocycles. The van der Waals surface area contributed by atoms with E-state index in [0.29, 0.717) is 0 Å². The van der Waals surface area contributed by atoms with Crippen molar-refractivity contribution in [3.63, 3.8) is 0 Å². The number of rotatable bonds is 2. The van der Waals surface area contributed by atoms with Gasteiger partial charge >= 0.3 is 0 Å². The molecule has 2 heteroatoms. The number of hydrogen-bond acceptors (Lipinski definition) is 1. The standard InChI is InChI=1S/C7H12N2/c1-4-6-9-7(5-2)8-3/h4-6H,2H2,1,3H3,(H,8,9)/b6-4-. The molecule has 0 aliphatic carbocycles. The number of likely N-dealkylation sites (N-methyl/N-ethyl adjacent to an activating group) is 1. The van der Waals surface area contributed by atoms with E-state index in [1.165, 1.54) is 0 Å². The zero-order chi connectivity index (χ0) is 7.11. The monoisotopic (exact) mass is 124 g/mol. The average molecular weight is 124 g/mol. The molecule has 0 saturated carbocycles. The molecule has 0 spiro atoms. The molecular weight excluding hydrogens is 112 g/mol. The Morgan fingerprint density at radius 1 is 1.67 bits per heavy atom. The molecule has 0 aromatic carbocycles. The number of amidine groups is 1. The van der Waals surface area contributed by atoms with Crippen molar-refractivity contribution in [3.05, 3.63) is 24.9 Å². The lowest BCUT2D eigenvalue weighted by atomic mass is 10.5. The van der Waals surface area contributed by atoms with Gasteiger partial charge in [-0.05, 0) is 13.0 Å². The lowest BCUT2D eigenvalue weighted by Gasteiger charge is -1.93. The Hall–Kier alpha value is -1.05. The van der Waals surface area contributed by atoms with Gasteiger partial charge in [-0.3, -0.25) is 0 Å². The fourth-order valence-corrected chi connectivity index (χ4v) is 0.374. The van der Waals surface area contributed by atoms with E-state index in [1.807, 2.05) is 20.0 Å². The summed E-state index contributed by atoms with van der Waals surface area (Å²) >= 11 is 0. The maximum Gasteiger partial charge on any atom is 0.124 e. The van der Waals surface area contributed by atoms with Crippen molar-refractivity contribution in [1.29, 1.82) is 0 Å². The van der Waals surface area contributed by atoms with Crippen molar-refractivity contribution in [3.8, 4) is 0 Å². The number of aliphatic imine (C=N–C) groups is 1. The van der Waals surface area contributed by atoms with E-state index >= 15 is 0 Å². The maximum atomic E-state index is 3.99. The summed E-state index contributed by atoms with van der Waals surface area (Å²) in [7, 11) is 1.81. The third kappa shape index (κ3) is 3.53. The summed E-state index contributed by atoms with van der Waals surface area (Å²) in [5.41, 5.74) is 0. The molecule has 0 amide bonds. The molecule has 0 bridgehead atoms. The van der Waals surface area contributed by atoms with Gasteiger partial charge in [0.15, 0.2) is 0 Å². The molecule has 2 nitrogen and oxygen atoms in total. The van der Waals surface area contributed by atoms with Gasteiger partial charge in [0.1, 0.15) is 5.84 Å². The highest BCUT2D eigenvalue weighted by molar-refractivity contribution is 5.92. The average Bonchev–Trinajstić information content (AvgIpc) is 1.91. The molecule has 9 heavy (non-hydrogen) atoms. The molecular formula is C7H12N2.